The molecule has 0 N–H and O–H groups in total. The highest BCUT2D eigenvalue weighted by molar-refractivity contribution is 6.00. The highest BCUT2D eigenvalue weighted by atomic mass is 16.5. The Balaban J connectivity index is 1.62. The maximum atomic E-state index is 12.3. The standard InChI is InChI=1S/C21H21NO4/c1-14-5-3-6-18(15(14)2)21(25)26-13-19(23)16-8-10-17(11-9-16)22-12-4-7-20(22)24/h3,5-6,8-11H,4,7,12-13H2,1-2H3. The highest BCUT2D eigenvalue weighted by Gasteiger charge is 2.22. The Morgan fingerprint density at radius 3 is 2.46 bits per heavy atom. The van der Waals surface area contributed by atoms with Gasteiger partial charge in [0.1, 0.15) is 0 Å². The third-order valence-electron chi connectivity index (χ3n) is 4.73. The van der Waals surface area contributed by atoms with Crippen molar-refractivity contribution >= 4 is 23.3 Å². The van der Waals surface area contributed by atoms with Crippen molar-refractivity contribution in [2.75, 3.05) is 18.1 Å². The molecule has 5 nitrogen and oxygen atoms in total. The van der Waals surface area contributed by atoms with Crippen LogP contribution in [0.5, 0.6) is 0 Å². The fourth-order valence-electron chi connectivity index (χ4n) is 3.01. The number of esters is 1. The maximum Gasteiger partial charge on any atom is 0.338 e. The molecule has 1 amide bonds. The molecule has 1 aliphatic heterocycles. The predicted molar refractivity (Wildman–Crippen MR) is 98.6 cm³/mol. The van der Waals surface area contributed by atoms with Crippen LogP contribution in [0.15, 0.2) is 42.5 Å². The lowest BCUT2D eigenvalue weighted by Gasteiger charge is -2.15. The Kier molecular flexibility index (Phi) is 5.16. The van der Waals surface area contributed by atoms with Crippen molar-refractivity contribution in [1.82, 2.24) is 0 Å². The monoisotopic (exact) mass is 351 g/mol. The van der Waals surface area contributed by atoms with Crippen molar-refractivity contribution in [3.05, 3.63) is 64.7 Å². The number of anilines is 1. The second kappa shape index (κ2) is 7.52. The van der Waals surface area contributed by atoms with E-state index in [0.29, 0.717) is 24.1 Å². The molecule has 1 aliphatic rings. The van der Waals surface area contributed by atoms with E-state index in [-0.39, 0.29) is 18.3 Å². The lowest BCUT2D eigenvalue weighted by molar-refractivity contribution is -0.117. The molecule has 0 saturated carbocycles. The molecule has 1 heterocycles. The Hall–Kier alpha value is -2.95. The number of ketones is 1. The molecule has 2 aromatic carbocycles. The van der Waals surface area contributed by atoms with Crippen LogP contribution in [0.3, 0.4) is 0 Å². The van der Waals surface area contributed by atoms with Gasteiger partial charge in [0.05, 0.1) is 5.56 Å². The lowest BCUT2D eigenvalue weighted by atomic mass is 10.0. The zero-order valence-electron chi connectivity index (χ0n) is 15.0. The average molecular weight is 351 g/mol. The van der Waals surface area contributed by atoms with Crippen molar-refractivity contribution < 1.29 is 19.1 Å². The van der Waals surface area contributed by atoms with Gasteiger partial charge in [-0.25, -0.2) is 4.79 Å². The summed E-state index contributed by atoms with van der Waals surface area (Å²) in [5.74, 6) is -0.673. The minimum absolute atomic E-state index is 0.103. The first-order valence-electron chi connectivity index (χ1n) is 8.64. The van der Waals surface area contributed by atoms with Gasteiger partial charge >= 0.3 is 5.97 Å². The van der Waals surface area contributed by atoms with Crippen molar-refractivity contribution in [2.24, 2.45) is 0 Å². The zero-order valence-corrected chi connectivity index (χ0v) is 15.0. The number of Topliss-reactive ketones (excluding diaryl/α,β-unsaturated/α-hetero) is 1. The first-order chi connectivity index (χ1) is 12.5. The van der Waals surface area contributed by atoms with Gasteiger partial charge in [0, 0.05) is 24.2 Å². The van der Waals surface area contributed by atoms with E-state index in [2.05, 4.69) is 0 Å². The number of aryl methyl sites for hydroxylation is 1. The quantitative estimate of drug-likeness (QED) is 0.611. The number of carbonyl (C=O) groups excluding carboxylic acids is 3. The van der Waals surface area contributed by atoms with E-state index >= 15 is 0 Å². The Morgan fingerprint density at radius 1 is 1.08 bits per heavy atom. The van der Waals surface area contributed by atoms with Crippen molar-refractivity contribution in [1.29, 1.82) is 0 Å². The van der Waals surface area contributed by atoms with Crippen LogP contribution in [-0.2, 0) is 9.53 Å². The van der Waals surface area contributed by atoms with Gasteiger partial charge in [-0.3, -0.25) is 9.59 Å². The van der Waals surface area contributed by atoms with E-state index < -0.39 is 5.97 Å². The highest BCUT2D eigenvalue weighted by Crippen LogP contribution is 2.22. The lowest BCUT2D eigenvalue weighted by Crippen LogP contribution is -2.23. The van der Waals surface area contributed by atoms with Gasteiger partial charge < -0.3 is 9.64 Å². The molecular weight excluding hydrogens is 330 g/mol. The molecule has 0 aromatic heterocycles. The smallest absolute Gasteiger partial charge is 0.338 e. The number of amides is 1. The Labute approximate surface area is 152 Å². The SMILES string of the molecule is Cc1cccc(C(=O)OCC(=O)c2ccc(N3CCCC3=O)cc2)c1C. The topological polar surface area (TPSA) is 63.7 Å². The molecule has 1 fully saturated rings. The van der Waals surface area contributed by atoms with Crippen LogP contribution in [0.25, 0.3) is 0 Å². The van der Waals surface area contributed by atoms with Gasteiger partial charge in [-0.2, -0.15) is 0 Å². The van der Waals surface area contributed by atoms with E-state index in [1.54, 1.807) is 41.3 Å². The molecule has 0 unspecified atom stereocenters. The van der Waals surface area contributed by atoms with Gasteiger partial charge in [0.15, 0.2) is 12.4 Å². The molecule has 2 aromatic rings. The summed E-state index contributed by atoms with van der Waals surface area (Å²) in [6.45, 7) is 4.17. The summed E-state index contributed by atoms with van der Waals surface area (Å²) in [5.41, 5.74) is 3.56. The molecular formula is C21H21NO4. The predicted octanol–water partition coefficient (Wildman–Crippen LogP) is 3.47. The molecule has 0 atom stereocenters. The minimum atomic E-state index is -0.501. The van der Waals surface area contributed by atoms with Gasteiger partial charge in [0.2, 0.25) is 5.91 Å². The van der Waals surface area contributed by atoms with Gasteiger partial charge in [-0.05, 0) is 61.7 Å². The second-order valence-corrected chi connectivity index (χ2v) is 6.44. The Morgan fingerprint density at radius 2 is 1.81 bits per heavy atom. The zero-order chi connectivity index (χ0) is 18.7. The fraction of sp³-hybridized carbons (Fsp3) is 0.286. The molecule has 1 saturated heterocycles. The number of hydrogen-bond donors (Lipinski definition) is 0. The summed E-state index contributed by atoms with van der Waals surface area (Å²) in [4.78, 5) is 37.9. The van der Waals surface area contributed by atoms with Gasteiger partial charge in [-0.15, -0.1) is 0 Å². The van der Waals surface area contributed by atoms with E-state index in [4.69, 9.17) is 4.74 Å². The van der Waals surface area contributed by atoms with Crippen LogP contribution >= 0.6 is 0 Å². The minimum Gasteiger partial charge on any atom is -0.454 e. The van der Waals surface area contributed by atoms with Gasteiger partial charge in [-0.1, -0.05) is 12.1 Å². The summed E-state index contributed by atoms with van der Waals surface area (Å²) in [7, 11) is 0. The maximum absolute atomic E-state index is 12.3. The normalized spacial score (nSPS) is 13.8. The number of hydrogen-bond acceptors (Lipinski definition) is 4. The first kappa shape index (κ1) is 17.9. The summed E-state index contributed by atoms with van der Waals surface area (Å²) < 4.78 is 5.17. The molecule has 0 spiro atoms. The largest absolute Gasteiger partial charge is 0.454 e. The van der Waals surface area contributed by atoms with Crippen molar-refractivity contribution in [3.63, 3.8) is 0 Å². The van der Waals surface area contributed by atoms with Crippen LogP contribution in [0.2, 0.25) is 0 Å². The number of rotatable bonds is 5. The van der Waals surface area contributed by atoms with Gasteiger partial charge in [0.25, 0.3) is 0 Å². The molecule has 3 rings (SSSR count). The van der Waals surface area contributed by atoms with E-state index in [1.165, 1.54) is 0 Å². The second-order valence-electron chi connectivity index (χ2n) is 6.44. The van der Waals surface area contributed by atoms with Crippen LogP contribution in [0, 0.1) is 13.8 Å². The first-order valence-corrected chi connectivity index (χ1v) is 8.64. The fourth-order valence-corrected chi connectivity index (χ4v) is 3.01. The van der Waals surface area contributed by atoms with Crippen molar-refractivity contribution in [2.45, 2.75) is 26.7 Å². The number of carbonyl (C=O) groups is 3. The number of nitrogens with zero attached hydrogens (tertiary/aromatic N) is 1. The third kappa shape index (κ3) is 3.67. The molecule has 26 heavy (non-hydrogen) atoms. The van der Waals surface area contributed by atoms with E-state index in [9.17, 15) is 14.4 Å². The van der Waals surface area contributed by atoms with Crippen molar-refractivity contribution in [3.8, 4) is 0 Å². The van der Waals surface area contributed by atoms with Crippen LogP contribution < -0.4 is 4.90 Å². The summed E-state index contributed by atoms with van der Waals surface area (Å²) in [6.07, 6.45) is 1.42. The molecule has 0 bridgehead atoms. The molecule has 134 valence electrons. The number of benzene rings is 2. The molecule has 0 aliphatic carbocycles. The van der Waals surface area contributed by atoms with E-state index in [0.717, 1.165) is 23.2 Å². The molecule has 5 heteroatoms. The summed E-state index contributed by atoms with van der Waals surface area (Å²) in [5, 5.41) is 0. The Bertz CT molecular complexity index is 855. The number of ether oxygens (including phenoxy) is 1. The van der Waals surface area contributed by atoms with E-state index in [1.807, 2.05) is 19.9 Å². The summed E-state index contributed by atoms with van der Waals surface area (Å²) in [6, 6.07) is 12.2. The van der Waals surface area contributed by atoms with Crippen LogP contribution in [0.1, 0.15) is 44.7 Å². The van der Waals surface area contributed by atoms with Crippen LogP contribution in [0.4, 0.5) is 5.69 Å². The average Bonchev–Trinajstić information content (AvgIpc) is 3.08. The molecule has 0 radical (unpaired) electrons. The third-order valence-corrected chi connectivity index (χ3v) is 4.73. The van der Waals surface area contributed by atoms with Crippen LogP contribution in [-0.4, -0.2) is 30.8 Å². The summed E-state index contributed by atoms with van der Waals surface area (Å²) >= 11 is 0.